The Morgan fingerprint density at radius 2 is 2.21 bits per heavy atom. The highest BCUT2D eigenvalue weighted by atomic mass is 16.6. The molecule has 0 unspecified atom stereocenters. The van der Waals surface area contributed by atoms with Gasteiger partial charge in [-0.05, 0) is 18.4 Å². The molecule has 0 radical (unpaired) electrons. The van der Waals surface area contributed by atoms with Gasteiger partial charge in [-0.3, -0.25) is 14.9 Å². The average Bonchev–Trinajstić information content (AvgIpc) is 3.21. The smallest absolute Gasteiger partial charge is 0.269 e. The zero-order valence-electron chi connectivity index (χ0n) is 10.6. The minimum atomic E-state index is -0.440. The Morgan fingerprint density at radius 1 is 1.42 bits per heavy atom. The zero-order chi connectivity index (χ0) is 13.7. The molecule has 0 spiro atoms. The van der Waals surface area contributed by atoms with Crippen LogP contribution in [0.3, 0.4) is 0 Å². The summed E-state index contributed by atoms with van der Waals surface area (Å²) in [5, 5.41) is 16.6. The largest absolute Gasteiger partial charge is 0.352 e. The lowest BCUT2D eigenvalue weighted by molar-refractivity contribution is -0.384. The molecular formula is C13H17N3O3. The first-order valence-electron chi connectivity index (χ1n) is 6.38. The van der Waals surface area contributed by atoms with E-state index in [9.17, 15) is 14.9 Å². The van der Waals surface area contributed by atoms with E-state index in [2.05, 4.69) is 10.6 Å². The van der Waals surface area contributed by atoms with E-state index < -0.39 is 4.92 Å². The second-order valence-corrected chi connectivity index (χ2v) is 4.68. The predicted octanol–water partition coefficient (Wildman–Crippen LogP) is 1.35. The first-order chi connectivity index (χ1) is 9.15. The van der Waals surface area contributed by atoms with Crippen LogP contribution in [0.25, 0.3) is 0 Å². The van der Waals surface area contributed by atoms with Crippen molar-refractivity contribution in [3.05, 3.63) is 39.9 Å². The molecule has 0 aliphatic heterocycles. The Kier molecular flexibility index (Phi) is 4.46. The number of nitrogens with zero attached hydrogens (tertiary/aromatic N) is 1. The first kappa shape index (κ1) is 13.5. The third kappa shape index (κ3) is 4.67. The quantitative estimate of drug-likeness (QED) is 0.574. The standard InChI is InChI=1S/C13H17N3O3/c17-13(6-7-14-11-4-5-11)15-9-10-2-1-3-12(8-10)16(18)19/h1-3,8,11,14H,4-7,9H2,(H,15,17). The van der Waals surface area contributed by atoms with Crippen molar-refractivity contribution >= 4 is 11.6 Å². The number of nitro groups is 1. The number of non-ortho nitro benzene ring substituents is 1. The van der Waals surface area contributed by atoms with Gasteiger partial charge in [0.15, 0.2) is 0 Å². The van der Waals surface area contributed by atoms with E-state index in [4.69, 9.17) is 0 Å². The van der Waals surface area contributed by atoms with E-state index in [0.29, 0.717) is 25.6 Å². The number of benzene rings is 1. The van der Waals surface area contributed by atoms with Crippen molar-refractivity contribution in [1.82, 2.24) is 10.6 Å². The molecule has 0 atom stereocenters. The van der Waals surface area contributed by atoms with Gasteiger partial charge < -0.3 is 10.6 Å². The minimum Gasteiger partial charge on any atom is -0.352 e. The predicted molar refractivity (Wildman–Crippen MR) is 70.6 cm³/mol. The monoisotopic (exact) mass is 263 g/mol. The van der Waals surface area contributed by atoms with Gasteiger partial charge in [-0.15, -0.1) is 0 Å². The number of nitro benzene ring substituents is 1. The number of rotatable bonds is 7. The van der Waals surface area contributed by atoms with Crippen molar-refractivity contribution in [3.63, 3.8) is 0 Å². The lowest BCUT2D eigenvalue weighted by Gasteiger charge is -2.06. The molecule has 1 saturated carbocycles. The Labute approximate surface area is 111 Å². The molecule has 1 aliphatic rings. The number of amides is 1. The Morgan fingerprint density at radius 3 is 2.89 bits per heavy atom. The first-order valence-corrected chi connectivity index (χ1v) is 6.38. The zero-order valence-corrected chi connectivity index (χ0v) is 10.6. The van der Waals surface area contributed by atoms with Gasteiger partial charge in [0.05, 0.1) is 4.92 Å². The van der Waals surface area contributed by atoms with Gasteiger partial charge >= 0.3 is 0 Å². The molecule has 1 aromatic rings. The molecule has 1 aliphatic carbocycles. The van der Waals surface area contributed by atoms with Crippen molar-refractivity contribution in [2.75, 3.05) is 6.54 Å². The van der Waals surface area contributed by atoms with Crippen molar-refractivity contribution in [3.8, 4) is 0 Å². The maximum absolute atomic E-state index is 11.6. The summed E-state index contributed by atoms with van der Waals surface area (Å²) >= 11 is 0. The summed E-state index contributed by atoms with van der Waals surface area (Å²) < 4.78 is 0. The lowest BCUT2D eigenvalue weighted by atomic mass is 10.2. The van der Waals surface area contributed by atoms with E-state index in [1.807, 2.05) is 0 Å². The molecule has 1 fully saturated rings. The van der Waals surface area contributed by atoms with Gasteiger partial charge in [0.25, 0.3) is 5.69 Å². The van der Waals surface area contributed by atoms with E-state index in [-0.39, 0.29) is 11.6 Å². The molecule has 2 N–H and O–H groups in total. The van der Waals surface area contributed by atoms with E-state index in [1.54, 1.807) is 12.1 Å². The minimum absolute atomic E-state index is 0.0420. The third-order valence-corrected chi connectivity index (χ3v) is 2.97. The molecule has 6 heteroatoms. The fourth-order valence-corrected chi connectivity index (χ4v) is 1.75. The lowest BCUT2D eigenvalue weighted by Crippen LogP contribution is -2.28. The number of hydrogen-bond acceptors (Lipinski definition) is 4. The summed E-state index contributed by atoms with van der Waals surface area (Å²) in [6.07, 6.45) is 2.84. The summed E-state index contributed by atoms with van der Waals surface area (Å²) in [7, 11) is 0. The summed E-state index contributed by atoms with van der Waals surface area (Å²) in [6, 6.07) is 6.89. The van der Waals surface area contributed by atoms with Crippen LogP contribution in [0.15, 0.2) is 24.3 Å². The Hall–Kier alpha value is -1.95. The van der Waals surface area contributed by atoms with Crippen LogP contribution in [0.5, 0.6) is 0 Å². The summed E-state index contributed by atoms with van der Waals surface area (Å²) in [5.74, 6) is -0.0420. The van der Waals surface area contributed by atoms with Gasteiger partial charge in [-0.25, -0.2) is 0 Å². The van der Waals surface area contributed by atoms with Gasteiger partial charge in [-0.2, -0.15) is 0 Å². The van der Waals surface area contributed by atoms with Crippen molar-refractivity contribution in [2.45, 2.75) is 31.8 Å². The normalized spacial score (nSPS) is 14.1. The van der Waals surface area contributed by atoms with Crippen molar-refractivity contribution in [2.24, 2.45) is 0 Å². The number of nitrogens with one attached hydrogen (secondary N) is 2. The van der Waals surface area contributed by atoms with Crippen molar-refractivity contribution < 1.29 is 9.72 Å². The SMILES string of the molecule is O=C(CCNC1CC1)NCc1cccc([N+](=O)[O-])c1. The van der Waals surface area contributed by atoms with Crippen LogP contribution < -0.4 is 10.6 Å². The van der Waals surface area contributed by atoms with Gasteiger partial charge in [0, 0.05) is 37.7 Å². The second-order valence-electron chi connectivity index (χ2n) is 4.68. The molecule has 2 rings (SSSR count). The van der Waals surface area contributed by atoms with Crippen LogP contribution in [0.2, 0.25) is 0 Å². The Bertz CT molecular complexity index is 472. The Balaban J connectivity index is 1.72. The molecule has 0 saturated heterocycles. The van der Waals surface area contributed by atoms with E-state index >= 15 is 0 Å². The molecule has 1 amide bonds. The maximum Gasteiger partial charge on any atom is 0.269 e. The highest BCUT2D eigenvalue weighted by Crippen LogP contribution is 2.18. The maximum atomic E-state index is 11.6. The van der Waals surface area contributed by atoms with Gasteiger partial charge in [-0.1, -0.05) is 12.1 Å². The van der Waals surface area contributed by atoms with E-state index in [0.717, 1.165) is 5.56 Å². The van der Waals surface area contributed by atoms with E-state index in [1.165, 1.54) is 25.0 Å². The average molecular weight is 263 g/mol. The topological polar surface area (TPSA) is 84.3 Å². The second kappa shape index (κ2) is 6.29. The van der Waals surface area contributed by atoms with Crippen molar-refractivity contribution in [1.29, 1.82) is 0 Å². The van der Waals surface area contributed by atoms with Crippen LogP contribution in [-0.2, 0) is 11.3 Å². The fourth-order valence-electron chi connectivity index (χ4n) is 1.75. The van der Waals surface area contributed by atoms with Crippen LogP contribution in [0, 0.1) is 10.1 Å². The highest BCUT2D eigenvalue weighted by molar-refractivity contribution is 5.76. The molecule has 0 bridgehead atoms. The molecule has 0 heterocycles. The van der Waals surface area contributed by atoms with Gasteiger partial charge in [0.1, 0.15) is 0 Å². The molecule has 1 aromatic carbocycles. The number of carbonyl (C=O) groups excluding carboxylic acids is 1. The van der Waals surface area contributed by atoms with Crippen LogP contribution in [0.1, 0.15) is 24.8 Å². The third-order valence-electron chi connectivity index (χ3n) is 2.97. The summed E-state index contributed by atoms with van der Waals surface area (Å²) in [4.78, 5) is 21.7. The highest BCUT2D eigenvalue weighted by Gasteiger charge is 2.20. The molecule has 19 heavy (non-hydrogen) atoms. The molecule has 6 nitrogen and oxygen atoms in total. The molecule has 0 aromatic heterocycles. The summed E-state index contributed by atoms with van der Waals surface area (Å²) in [5.41, 5.74) is 0.778. The van der Waals surface area contributed by atoms with Gasteiger partial charge in [0.2, 0.25) is 5.91 Å². The fraction of sp³-hybridized carbons (Fsp3) is 0.462. The molecule has 102 valence electrons. The van der Waals surface area contributed by atoms with Crippen LogP contribution >= 0.6 is 0 Å². The number of carbonyl (C=O) groups is 1. The molecular weight excluding hydrogens is 246 g/mol. The number of hydrogen-bond donors (Lipinski definition) is 2. The van der Waals surface area contributed by atoms with Crippen LogP contribution in [-0.4, -0.2) is 23.4 Å². The summed E-state index contributed by atoms with van der Waals surface area (Å²) in [6.45, 7) is 1.01. The van der Waals surface area contributed by atoms with Crippen LogP contribution in [0.4, 0.5) is 5.69 Å².